The first kappa shape index (κ1) is 18.7. The van der Waals surface area contributed by atoms with Gasteiger partial charge in [-0.15, -0.1) is 0 Å². The number of hydrogen-bond donors (Lipinski definition) is 0. The molecule has 0 heterocycles. The molecule has 3 nitrogen and oxygen atoms in total. The Kier molecular flexibility index (Phi) is 5.82. The van der Waals surface area contributed by atoms with Gasteiger partial charge < -0.3 is 13.3 Å². The molecule has 0 saturated heterocycles. The van der Waals surface area contributed by atoms with E-state index in [0.717, 1.165) is 12.1 Å². The third-order valence-electron chi connectivity index (χ3n) is 3.48. The fraction of sp³-hybridized carbons (Fsp3) is 0.294. The summed E-state index contributed by atoms with van der Waals surface area (Å²) >= 11 is 0. The molecule has 24 heavy (non-hydrogen) atoms. The molecule has 0 aliphatic carbocycles. The van der Waals surface area contributed by atoms with Crippen LogP contribution in [0.4, 0.5) is 13.2 Å². The molecular weight excluding hydrogens is 337 g/mol. The molecule has 2 aromatic carbocycles. The SMILES string of the molecule is CO[Si](OC)(OC(C)C)c1ccc(-c2cc(F)c(F)c(F)c2)cc1. The first-order chi connectivity index (χ1) is 11.3. The van der Waals surface area contributed by atoms with E-state index in [1.54, 1.807) is 24.3 Å². The van der Waals surface area contributed by atoms with Gasteiger partial charge in [0.25, 0.3) is 0 Å². The van der Waals surface area contributed by atoms with E-state index in [2.05, 4.69) is 0 Å². The molecule has 2 aromatic rings. The van der Waals surface area contributed by atoms with Crippen molar-refractivity contribution in [2.24, 2.45) is 0 Å². The Morgan fingerprint density at radius 3 is 1.75 bits per heavy atom. The Bertz CT molecular complexity index is 678. The van der Waals surface area contributed by atoms with Crippen molar-refractivity contribution in [3.8, 4) is 11.1 Å². The first-order valence-electron chi connectivity index (χ1n) is 7.36. The average Bonchev–Trinajstić information content (AvgIpc) is 2.57. The van der Waals surface area contributed by atoms with Gasteiger partial charge in [-0.2, -0.15) is 0 Å². The van der Waals surface area contributed by atoms with Gasteiger partial charge in [0.15, 0.2) is 17.5 Å². The van der Waals surface area contributed by atoms with Gasteiger partial charge in [0.1, 0.15) is 0 Å². The Hall–Kier alpha value is -1.67. The zero-order valence-electron chi connectivity index (χ0n) is 13.9. The lowest BCUT2D eigenvalue weighted by Crippen LogP contribution is -2.56. The van der Waals surface area contributed by atoms with Crippen LogP contribution in [0.2, 0.25) is 0 Å². The Morgan fingerprint density at radius 2 is 1.33 bits per heavy atom. The summed E-state index contributed by atoms with van der Waals surface area (Å²) in [4.78, 5) is 0. The average molecular weight is 356 g/mol. The predicted octanol–water partition coefficient (Wildman–Crippen LogP) is 3.63. The topological polar surface area (TPSA) is 27.7 Å². The maximum absolute atomic E-state index is 13.4. The van der Waals surface area contributed by atoms with Crippen LogP contribution >= 0.6 is 0 Å². The van der Waals surface area contributed by atoms with E-state index in [0.29, 0.717) is 10.8 Å². The summed E-state index contributed by atoms with van der Waals surface area (Å²) in [6.45, 7) is 3.75. The maximum Gasteiger partial charge on any atom is 0.536 e. The van der Waals surface area contributed by atoms with E-state index < -0.39 is 26.3 Å². The summed E-state index contributed by atoms with van der Waals surface area (Å²) in [5.74, 6) is -3.93. The van der Waals surface area contributed by atoms with E-state index in [-0.39, 0.29) is 11.7 Å². The number of benzene rings is 2. The Morgan fingerprint density at radius 1 is 0.833 bits per heavy atom. The van der Waals surface area contributed by atoms with Crippen molar-refractivity contribution in [1.82, 2.24) is 0 Å². The summed E-state index contributed by atoms with van der Waals surface area (Å²) in [6.07, 6.45) is -0.100. The number of halogens is 3. The van der Waals surface area contributed by atoms with Gasteiger partial charge in [-0.05, 0) is 37.1 Å². The molecule has 2 rings (SSSR count). The Labute approximate surface area is 140 Å². The summed E-state index contributed by atoms with van der Waals surface area (Å²) in [5.41, 5.74) is 0.779. The number of rotatable bonds is 6. The van der Waals surface area contributed by atoms with Crippen molar-refractivity contribution in [1.29, 1.82) is 0 Å². The summed E-state index contributed by atoms with van der Waals surface area (Å²) < 4.78 is 56.7. The third kappa shape index (κ3) is 3.70. The largest absolute Gasteiger partial charge is 0.536 e. The molecule has 0 radical (unpaired) electrons. The van der Waals surface area contributed by atoms with Crippen LogP contribution in [0.1, 0.15) is 13.8 Å². The second kappa shape index (κ2) is 7.48. The van der Waals surface area contributed by atoms with Crippen molar-refractivity contribution in [2.75, 3.05) is 14.2 Å². The lowest BCUT2D eigenvalue weighted by Gasteiger charge is -2.28. The molecule has 0 spiro atoms. The van der Waals surface area contributed by atoms with Crippen LogP contribution in [0.25, 0.3) is 11.1 Å². The molecule has 0 N–H and O–H groups in total. The molecule has 0 bridgehead atoms. The minimum atomic E-state index is -3.05. The molecule has 0 atom stereocenters. The zero-order valence-corrected chi connectivity index (χ0v) is 14.9. The molecule has 0 unspecified atom stereocenters. The summed E-state index contributed by atoms with van der Waals surface area (Å²) in [6, 6.07) is 8.66. The van der Waals surface area contributed by atoms with Crippen LogP contribution in [-0.4, -0.2) is 29.1 Å². The molecule has 0 fully saturated rings. The minimum Gasteiger partial charge on any atom is -0.373 e. The highest BCUT2D eigenvalue weighted by Gasteiger charge is 2.42. The van der Waals surface area contributed by atoms with Crippen LogP contribution in [0, 0.1) is 17.5 Å². The minimum absolute atomic E-state index is 0.100. The van der Waals surface area contributed by atoms with Crippen LogP contribution in [-0.2, 0) is 13.3 Å². The first-order valence-corrected chi connectivity index (χ1v) is 9.09. The van der Waals surface area contributed by atoms with Crippen molar-refractivity contribution < 1.29 is 26.4 Å². The highest BCUT2D eigenvalue weighted by atomic mass is 28.4. The van der Waals surface area contributed by atoms with Crippen molar-refractivity contribution >= 4 is 14.0 Å². The van der Waals surface area contributed by atoms with Crippen molar-refractivity contribution in [3.05, 3.63) is 53.8 Å². The second-order valence-electron chi connectivity index (χ2n) is 5.46. The molecule has 0 saturated carbocycles. The van der Waals surface area contributed by atoms with Gasteiger partial charge in [0, 0.05) is 25.5 Å². The van der Waals surface area contributed by atoms with E-state index in [9.17, 15) is 13.2 Å². The van der Waals surface area contributed by atoms with Gasteiger partial charge in [-0.3, -0.25) is 0 Å². The van der Waals surface area contributed by atoms with Gasteiger partial charge >= 0.3 is 8.80 Å². The monoisotopic (exact) mass is 356 g/mol. The molecule has 0 amide bonds. The molecule has 7 heteroatoms. The fourth-order valence-electron chi connectivity index (χ4n) is 2.38. The lowest BCUT2D eigenvalue weighted by atomic mass is 10.1. The van der Waals surface area contributed by atoms with Gasteiger partial charge in [-0.25, -0.2) is 13.2 Å². The van der Waals surface area contributed by atoms with Crippen LogP contribution in [0.5, 0.6) is 0 Å². The Balaban J connectivity index is 2.39. The third-order valence-corrected chi connectivity index (χ3v) is 6.38. The highest BCUT2D eigenvalue weighted by molar-refractivity contribution is 6.75. The van der Waals surface area contributed by atoms with E-state index in [1.807, 2.05) is 13.8 Å². The van der Waals surface area contributed by atoms with E-state index >= 15 is 0 Å². The summed E-state index contributed by atoms with van der Waals surface area (Å²) in [5, 5.41) is 0.716. The molecule has 0 aliphatic heterocycles. The van der Waals surface area contributed by atoms with Crippen LogP contribution < -0.4 is 5.19 Å². The standard InChI is InChI=1S/C17H19F3O3Si/c1-11(2)23-24(21-3,22-4)14-7-5-12(6-8-14)13-9-15(18)17(20)16(19)10-13/h5-11H,1-4H3. The van der Waals surface area contributed by atoms with Gasteiger partial charge in [0.2, 0.25) is 0 Å². The molecule has 0 aromatic heterocycles. The zero-order chi connectivity index (χ0) is 17.9. The smallest absolute Gasteiger partial charge is 0.373 e. The molecule has 130 valence electrons. The normalized spacial score (nSPS) is 12.0. The summed E-state index contributed by atoms with van der Waals surface area (Å²) in [7, 11) is -0.0241. The van der Waals surface area contributed by atoms with Gasteiger partial charge in [0.05, 0.1) is 0 Å². The van der Waals surface area contributed by atoms with E-state index in [4.69, 9.17) is 13.3 Å². The maximum atomic E-state index is 13.4. The second-order valence-corrected chi connectivity index (χ2v) is 8.20. The van der Waals surface area contributed by atoms with E-state index in [1.165, 1.54) is 14.2 Å². The van der Waals surface area contributed by atoms with Crippen molar-refractivity contribution in [3.63, 3.8) is 0 Å². The lowest BCUT2D eigenvalue weighted by molar-refractivity contribution is 0.0838. The molecular formula is C17H19F3O3Si. The number of hydrogen-bond acceptors (Lipinski definition) is 3. The van der Waals surface area contributed by atoms with Crippen molar-refractivity contribution in [2.45, 2.75) is 20.0 Å². The highest BCUT2D eigenvalue weighted by Crippen LogP contribution is 2.24. The van der Waals surface area contributed by atoms with Crippen LogP contribution in [0.15, 0.2) is 36.4 Å². The predicted molar refractivity (Wildman–Crippen MR) is 87.4 cm³/mol. The molecule has 0 aliphatic rings. The quantitative estimate of drug-likeness (QED) is 0.584. The fourth-order valence-corrected chi connectivity index (χ4v) is 4.54. The van der Waals surface area contributed by atoms with Gasteiger partial charge in [-0.1, -0.05) is 24.3 Å². The van der Waals surface area contributed by atoms with Crippen LogP contribution in [0.3, 0.4) is 0 Å².